The van der Waals surface area contributed by atoms with E-state index in [1.807, 2.05) is 64.0 Å². The number of amides is 1. The molecule has 0 aliphatic carbocycles. The summed E-state index contributed by atoms with van der Waals surface area (Å²) in [4.78, 5) is 16.2. The second-order valence-corrected chi connectivity index (χ2v) is 8.29. The highest BCUT2D eigenvalue weighted by molar-refractivity contribution is 5.68. The molecule has 1 N–H and O–H groups in total. The lowest BCUT2D eigenvalue weighted by atomic mass is 9.75. The molecule has 0 radical (unpaired) electrons. The van der Waals surface area contributed by atoms with Gasteiger partial charge in [-0.25, -0.2) is 4.79 Å². The summed E-state index contributed by atoms with van der Waals surface area (Å²) in [7, 11) is 5.56. The van der Waals surface area contributed by atoms with Gasteiger partial charge in [0.1, 0.15) is 11.4 Å². The van der Waals surface area contributed by atoms with E-state index in [0.29, 0.717) is 31.8 Å². The summed E-state index contributed by atoms with van der Waals surface area (Å²) in [6.45, 7) is 7.14. The quantitative estimate of drug-likeness (QED) is 0.890. The van der Waals surface area contributed by atoms with E-state index < -0.39 is 11.2 Å². The van der Waals surface area contributed by atoms with Gasteiger partial charge in [0, 0.05) is 25.6 Å². The van der Waals surface area contributed by atoms with Crippen molar-refractivity contribution in [3.8, 4) is 5.75 Å². The Balaban J connectivity index is 2.26. The highest BCUT2D eigenvalue weighted by atomic mass is 16.6. The van der Waals surface area contributed by atoms with E-state index in [1.165, 1.54) is 0 Å². The Hall–Kier alpha value is -1.79. The van der Waals surface area contributed by atoms with E-state index in [-0.39, 0.29) is 12.0 Å². The van der Waals surface area contributed by atoms with Crippen LogP contribution in [0.15, 0.2) is 24.3 Å². The topological polar surface area (TPSA) is 62.2 Å². The van der Waals surface area contributed by atoms with Crippen molar-refractivity contribution in [3.05, 3.63) is 29.8 Å². The zero-order chi connectivity index (χ0) is 19.5. The molecule has 2 atom stereocenters. The summed E-state index contributed by atoms with van der Waals surface area (Å²) in [5.41, 5.74) is -0.723. The number of rotatable bonds is 4. The number of benzene rings is 1. The molecule has 1 fully saturated rings. The van der Waals surface area contributed by atoms with Gasteiger partial charge in [-0.05, 0) is 59.0 Å². The van der Waals surface area contributed by atoms with Crippen LogP contribution in [0.3, 0.4) is 0 Å². The number of nitrogens with zero attached hydrogens (tertiary/aromatic N) is 2. The monoisotopic (exact) mass is 364 g/mol. The lowest BCUT2D eigenvalue weighted by molar-refractivity contribution is -0.0855. The first-order valence-electron chi connectivity index (χ1n) is 9.05. The van der Waals surface area contributed by atoms with E-state index in [2.05, 4.69) is 0 Å². The van der Waals surface area contributed by atoms with Gasteiger partial charge in [0.05, 0.1) is 12.7 Å². The largest absolute Gasteiger partial charge is 0.497 e. The molecule has 1 aliphatic heterocycles. The van der Waals surface area contributed by atoms with Crippen LogP contribution in [0.2, 0.25) is 0 Å². The maximum absolute atomic E-state index is 12.5. The number of aliphatic hydroxyl groups is 1. The van der Waals surface area contributed by atoms with Crippen LogP contribution in [-0.2, 0) is 10.3 Å². The molecule has 1 saturated heterocycles. The van der Waals surface area contributed by atoms with Crippen molar-refractivity contribution in [1.29, 1.82) is 0 Å². The van der Waals surface area contributed by atoms with Crippen molar-refractivity contribution in [3.63, 3.8) is 0 Å². The third-order valence-corrected chi connectivity index (χ3v) is 4.69. The average molecular weight is 364 g/mol. The number of hydrogen-bond acceptors (Lipinski definition) is 5. The van der Waals surface area contributed by atoms with Crippen molar-refractivity contribution < 1.29 is 19.4 Å². The summed E-state index contributed by atoms with van der Waals surface area (Å²) < 4.78 is 10.8. The first-order valence-corrected chi connectivity index (χ1v) is 9.05. The van der Waals surface area contributed by atoms with Gasteiger partial charge in [-0.1, -0.05) is 12.1 Å². The predicted molar refractivity (Wildman–Crippen MR) is 101 cm³/mol. The molecule has 6 nitrogen and oxygen atoms in total. The molecule has 1 heterocycles. The van der Waals surface area contributed by atoms with Gasteiger partial charge in [-0.15, -0.1) is 0 Å². The number of piperidine rings is 1. The minimum Gasteiger partial charge on any atom is -0.497 e. The molecule has 26 heavy (non-hydrogen) atoms. The minimum absolute atomic E-state index is 0.133. The fraction of sp³-hybridized carbons (Fsp3) is 0.650. The summed E-state index contributed by atoms with van der Waals surface area (Å²) in [6, 6.07) is 7.56. The molecule has 6 heteroatoms. The molecule has 2 rings (SSSR count). The summed E-state index contributed by atoms with van der Waals surface area (Å²) in [5, 5.41) is 11.5. The molecule has 0 unspecified atom stereocenters. The Kier molecular flexibility index (Phi) is 6.19. The normalized spacial score (nSPS) is 23.8. The zero-order valence-corrected chi connectivity index (χ0v) is 16.8. The van der Waals surface area contributed by atoms with Crippen molar-refractivity contribution in [2.45, 2.75) is 38.4 Å². The summed E-state index contributed by atoms with van der Waals surface area (Å²) in [6.07, 6.45) is 0.131. The van der Waals surface area contributed by atoms with Crippen LogP contribution in [0.4, 0.5) is 4.79 Å². The Morgan fingerprint density at radius 1 is 1.38 bits per heavy atom. The van der Waals surface area contributed by atoms with Gasteiger partial charge >= 0.3 is 6.09 Å². The van der Waals surface area contributed by atoms with E-state index in [4.69, 9.17) is 9.47 Å². The van der Waals surface area contributed by atoms with Crippen LogP contribution in [0.25, 0.3) is 0 Å². The molecule has 1 aromatic carbocycles. The van der Waals surface area contributed by atoms with Gasteiger partial charge < -0.3 is 24.4 Å². The van der Waals surface area contributed by atoms with Crippen molar-refractivity contribution in [1.82, 2.24) is 9.80 Å². The van der Waals surface area contributed by atoms with Crippen LogP contribution < -0.4 is 4.74 Å². The van der Waals surface area contributed by atoms with Gasteiger partial charge in [0.25, 0.3) is 0 Å². The Morgan fingerprint density at radius 2 is 2.08 bits per heavy atom. The average Bonchev–Trinajstić information content (AvgIpc) is 2.55. The number of hydrogen-bond donors (Lipinski definition) is 1. The van der Waals surface area contributed by atoms with Crippen LogP contribution in [0.5, 0.6) is 5.75 Å². The maximum atomic E-state index is 12.5. The first kappa shape index (κ1) is 20.5. The number of carbonyl (C=O) groups excluding carboxylic acids is 1. The van der Waals surface area contributed by atoms with Crippen molar-refractivity contribution in [2.75, 3.05) is 40.8 Å². The van der Waals surface area contributed by atoms with E-state index in [9.17, 15) is 9.90 Å². The second kappa shape index (κ2) is 7.84. The van der Waals surface area contributed by atoms with Crippen LogP contribution in [0, 0.1) is 5.92 Å². The zero-order valence-electron chi connectivity index (χ0n) is 16.8. The molecule has 0 saturated carbocycles. The highest BCUT2D eigenvalue weighted by Crippen LogP contribution is 2.39. The molecule has 0 aromatic heterocycles. The predicted octanol–water partition coefficient (Wildman–Crippen LogP) is 2.70. The molecule has 0 spiro atoms. The first-order chi connectivity index (χ1) is 12.0. The molecule has 1 aliphatic rings. The molecular formula is C20H32N2O4. The molecule has 0 bridgehead atoms. The maximum Gasteiger partial charge on any atom is 0.410 e. The standard InChI is InChI=1S/C20H32N2O4/c1-19(2,3)26-18(23)22-11-10-20(24,16(14-22)13-21(4)5)15-8-7-9-17(12-15)25-6/h7-9,12,16,24H,10-11,13-14H2,1-6H3/t16-,20-/m1/s1. The molecular weight excluding hydrogens is 332 g/mol. The Bertz CT molecular complexity index is 626. The smallest absolute Gasteiger partial charge is 0.410 e. The highest BCUT2D eigenvalue weighted by Gasteiger charge is 2.45. The minimum atomic E-state index is -1.02. The van der Waals surface area contributed by atoms with Crippen molar-refractivity contribution >= 4 is 6.09 Å². The van der Waals surface area contributed by atoms with Crippen molar-refractivity contribution in [2.24, 2.45) is 5.92 Å². The van der Waals surface area contributed by atoms with Crippen LogP contribution in [-0.4, -0.2) is 67.4 Å². The number of carbonyl (C=O) groups is 1. The van der Waals surface area contributed by atoms with Gasteiger partial charge in [-0.3, -0.25) is 0 Å². The second-order valence-electron chi connectivity index (χ2n) is 8.29. The Labute approximate surface area is 156 Å². The van der Waals surface area contributed by atoms with E-state index in [1.54, 1.807) is 12.0 Å². The fourth-order valence-electron chi connectivity index (χ4n) is 3.43. The van der Waals surface area contributed by atoms with Crippen LogP contribution >= 0.6 is 0 Å². The third-order valence-electron chi connectivity index (χ3n) is 4.69. The number of ether oxygens (including phenoxy) is 2. The third kappa shape index (κ3) is 4.89. The van der Waals surface area contributed by atoms with Gasteiger partial charge in [0.2, 0.25) is 0 Å². The van der Waals surface area contributed by atoms with Gasteiger partial charge in [0.15, 0.2) is 0 Å². The molecule has 1 aromatic rings. The number of methoxy groups -OCH3 is 1. The van der Waals surface area contributed by atoms with E-state index in [0.717, 1.165) is 5.56 Å². The molecule has 146 valence electrons. The summed E-state index contributed by atoms with van der Waals surface area (Å²) in [5.74, 6) is 0.583. The van der Waals surface area contributed by atoms with Gasteiger partial charge in [-0.2, -0.15) is 0 Å². The summed E-state index contributed by atoms with van der Waals surface area (Å²) >= 11 is 0. The SMILES string of the molecule is COc1cccc([C@]2(O)CCN(C(=O)OC(C)(C)C)C[C@H]2CN(C)C)c1. The lowest BCUT2D eigenvalue weighted by Crippen LogP contribution is -2.55. The fourth-order valence-corrected chi connectivity index (χ4v) is 3.43. The molecule has 1 amide bonds. The lowest BCUT2D eigenvalue weighted by Gasteiger charge is -2.46. The Morgan fingerprint density at radius 3 is 2.65 bits per heavy atom. The van der Waals surface area contributed by atoms with E-state index >= 15 is 0 Å². The number of likely N-dealkylation sites (tertiary alicyclic amines) is 1. The van der Waals surface area contributed by atoms with Crippen LogP contribution in [0.1, 0.15) is 32.8 Å².